The van der Waals surface area contributed by atoms with Crippen LogP contribution in [0.1, 0.15) is 5.69 Å². The third-order valence-corrected chi connectivity index (χ3v) is 9.52. The summed E-state index contributed by atoms with van der Waals surface area (Å²) in [5, 5.41) is 5.38. The van der Waals surface area contributed by atoms with Crippen molar-refractivity contribution >= 4 is 52.1 Å². The Balaban J connectivity index is 1.59. The maximum absolute atomic E-state index is 14.1. The Labute approximate surface area is 232 Å². The molecular formula is C26H27ClFN5O4SSi. The third-order valence-electron chi connectivity index (χ3n) is 6.35. The number of hydrogen-bond acceptors (Lipinski definition) is 7. The molecule has 0 saturated heterocycles. The van der Waals surface area contributed by atoms with Crippen molar-refractivity contribution in [3.63, 3.8) is 0 Å². The van der Waals surface area contributed by atoms with Crippen molar-refractivity contribution in [3.05, 3.63) is 68.0 Å². The minimum atomic E-state index is -1.24. The fraction of sp³-hybridized carbons (Fsp3) is 0.308. The first kappa shape index (κ1) is 27.3. The number of halogens is 2. The van der Waals surface area contributed by atoms with Crippen LogP contribution in [0.4, 0.5) is 4.39 Å². The normalized spacial score (nSPS) is 12.1. The molecule has 5 rings (SSSR count). The lowest BCUT2D eigenvalue weighted by Crippen LogP contribution is -2.33. The van der Waals surface area contributed by atoms with E-state index < -0.39 is 25.1 Å². The quantitative estimate of drug-likeness (QED) is 0.188. The number of benzene rings is 1. The Hall–Kier alpha value is -3.32. The summed E-state index contributed by atoms with van der Waals surface area (Å²) in [4.78, 5) is 34.6. The molecule has 0 amide bonds. The van der Waals surface area contributed by atoms with E-state index in [0.717, 1.165) is 28.0 Å². The Morgan fingerprint density at radius 3 is 2.67 bits per heavy atom. The molecule has 5 aromatic rings. The number of ether oxygens (including phenoxy) is 2. The highest BCUT2D eigenvalue weighted by molar-refractivity contribution is 7.22. The summed E-state index contributed by atoms with van der Waals surface area (Å²) in [6.45, 7) is 9.54. The minimum Gasteiger partial charge on any atom is -0.494 e. The highest BCUT2D eigenvalue weighted by Gasteiger charge is 2.21. The second-order valence-electron chi connectivity index (χ2n) is 10.4. The first-order valence-electron chi connectivity index (χ1n) is 12.2. The van der Waals surface area contributed by atoms with Crippen LogP contribution in [0.5, 0.6) is 5.75 Å². The van der Waals surface area contributed by atoms with Crippen molar-refractivity contribution in [1.29, 1.82) is 0 Å². The van der Waals surface area contributed by atoms with Gasteiger partial charge in [0.25, 0.3) is 5.56 Å². The van der Waals surface area contributed by atoms with Gasteiger partial charge in [-0.05, 0) is 31.2 Å². The van der Waals surface area contributed by atoms with Gasteiger partial charge in [0, 0.05) is 25.1 Å². The van der Waals surface area contributed by atoms with Gasteiger partial charge in [0.05, 0.1) is 52.3 Å². The van der Waals surface area contributed by atoms with Gasteiger partial charge in [0.2, 0.25) is 0 Å². The highest BCUT2D eigenvalue weighted by atomic mass is 35.5. The van der Waals surface area contributed by atoms with Crippen molar-refractivity contribution in [2.75, 3.05) is 13.7 Å². The zero-order valence-electron chi connectivity index (χ0n) is 22.1. The zero-order valence-corrected chi connectivity index (χ0v) is 24.7. The van der Waals surface area contributed by atoms with E-state index in [1.165, 1.54) is 19.4 Å². The Bertz CT molecular complexity index is 1840. The Morgan fingerprint density at radius 1 is 1.18 bits per heavy atom. The molecule has 0 radical (unpaired) electrons. The molecule has 0 saturated carbocycles. The molecular weight excluding hydrogens is 561 g/mol. The van der Waals surface area contributed by atoms with Crippen LogP contribution in [0, 0.1) is 12.7 Å². The number of H-pyrrole nitrogens is 1. The second kappa shape index (κ2) is 10.3. The highest BCUT2D eigenvalue weighted by Crippen LogP contribution is 2.38. The predicted molar refractivity (Wildman–Crippen MR) is 155 cm³/mol. The molecule has 0 unspecified atom stereocenters. The minimum absolute atomic E-state index is 0.0208. The predicted octanol–water partition coefficient (Wildman–Crippen LogP) is 5.57. The number of methoxy groups -OCH3 is 1. The van der Waals surface area contributed by atoms with Crippen molar-refractivity contribution in [2.45, 2.75) is 39.3 Å². The van der Waals surface area contributed by atoms with E-state index in [1.807, 2.05) is 6.92 Å². The number of rotatable bonds is 8. The van der Waals surface area contributed by atoms with Gasteiger partial charge in [-0.1, -0.05) is 31.2 Å². The average molecular weight is 588 g/mol. The van der Waals surface area contributed by atoms with E-state index in [0.29, 0.717) is 49.5 Å². The summed E-state index contributed by atoms with van der Waals surface area (Å²) < 4.78 is 28.1. The van der Waals surface area contributed by atoms with Gasteiger partial charge in [-0.2, -0.15) is 5.10 Å². The van der Waals surface area contributed by atoms with Crippen LogP contribution in [-0.4, -0.2) is 46.1 Å². The number of aromatic amines is 1. The van der Waals surface area contributed by atoms with Crippen molar-refractivity contribution in [3.8, 4) is 21.9 Å². The van der Waals surface area contributed by atoms with Gasteiger partial charge >= 0.3 is 5.69 Å². The molecule has 0 aliphatic rings. The summed E-state index contributed by atoms with van der Waals surface area (Å²) in [5.41, 5.74) is 1.32. The fourth-order valence-corrected chi connectivity index (χ4v) is 6.46. The van der Waals surface area contributed by atoms with E-state index in [2.05, 4.69) is 34.7 Å². The molecule has 13 heteroatoms. The molecule has 0 bridgehead atoms. The van der Waals surface area contributed by atoms with Crippen molar-refractivity contribution < 1.29 is 13.9 Å². The summed E-state index contributed by atoms with van der Waals surface area (Å²) in [7, 11) is 0.121. The lowest BCUT2D eigenvalue weighted by molar-refractivity contribution is 0.0814. The van der Waals surface area contributed by atoms with Crippen molar-refractivity contribution in [1.82, 2.24) is 24.3 Å². The molecule has 39 heavy (non-hydrogen) atoms. The van der Waals surface area contributed by atoms with Gasteiger partial charge in [-0.3, -0.25) is 9.78 Å². The van der Waals surface area contributed by atoms with E-state index in [9.17, 15) is 14.0 Å². The molecule has 0 aliphatic carbocycles. The van der Waals surface area contributed by atoms with E-state index in [-0.39, 0.29) is 17.5 Å². The number of aromatic nitrogens is 5. The van der Waals surface area contributed by atoms with E-state index >= 15 is 0 Å². The average Bonchev–Trinajstić information content (AvgIpc) is 3.43. The zero-order chi connectivity index (χ0) is 28.1. The summed E-state index contributed by atoms with van der Waals surface area (Å²) >= 11 is 7.44. The smallest absolute Gasteiger partial charge is 0.333 e. The maximum atomic E-state index is 14.1. The lowest BCUT2D eigenvalue weighted by Gasteiger charge is -2.15. The Kier molecular flexibility index (Phi) is 7.22. The number of nitrogens with one attached hydrogen (secondary N) is 1. The van der Waals surface area contributed by atoms with Crippen LogP contribution >= 0.6 is 22.9 Å². The summed E-state index contributed by atoms with van der Waals surface area (Å²) in [5.74, 6) is -0.575. The number of nitrogens with zero attached hydrogens (tertiary/aromatic N) is 4. The molecule has 0 spiro atoms. The SMILES string of the molecule is COc1cc(-c2cc3[nH]c(=O)n(-c4cncc5c4c(C)nn5COCC[Si](C)(C)C)c(=O)c3s2)c(Cl)cc1F. The molecule has 204 valence electrons. The molecule has 4 aromatic heterocycles. The standard InChI is InChI=1S/C26H27ClFN5O4SSi/c1-14-23-19(32(31-14)13-37-6-7-39(3,4)5)11-29-12-20(23)33-25(34)24-18(30-26(33)35)10-22(38-24)15-8-21(36-2)17(28)9-16(15)27/h8-12H,6-7,13H2,1-5H3,(H,30,35). The Morgan fingerprint density at radius 2 is 1.95 bits per heavy atom. The molecule has 4 heterocycles. The van der Waals surface area contributed by atoms with Crippen LogP contribution in [0.3, 0.4) is 0 Å². The topological polar surface area (TPSA) is 104 Å². The summed E-state index contributed by atoms with van der Waals surface area (Å²) in [6.07, 6.45) is 3.12. The number of aryl methyl sites for hydroxylation is 1. The first-order chi connectivity index (χ1) is 18.5. The number of fused-ring (bicyclic) bond motifs is 2. The maximum Gasteiger partial charge on any atom is 0.333 e. The van der Waals surface area contributed by atoms with Gasteiger partial charge in [0.1, 0.15) is 11.4 Å². The van der Waals surface area contributed by atoms with Crippen LogP contribution in [0.25, 0.3) is 37.2 Å². The summed E-state index contributed by atoms with van der Waals surface area (Å²) in [6, 6.07) is 5.29. The van der Waals surface area contributed by atoms with E-state index in [4.69, 9.17) is 21.1 Å². The van der Waals surface area contributed by atoms with Gasteiger partial charge in [0.15, 0.2) is 11.6 Å². The van der Waals surface area contributed by atoms with Crippen LogP contribution in [-0.2, 0) is 11.5 Å². The van der Waals surface area contributed by atoms with E-state index in [1.54, 1.807) is 16.9 Å². The van der Waals surface area contributed by atoms with Crippen molar-refractivity contribution in [2.24, 2.45) is 0 Å². The first-order valence-corrected chi connectivity index (χ1v) is 17.1. The third kappa shape index (κ3) is 5.16. The number of pyridine rings is 1. The van der Waals surface area contributed by atoms with Gasteiger partial charge in [-0.25, -0.2) is 18.4 Å². The van der Waals surface area contributed by atoms with Crippen LogP contribution in [0.15, 0.2) is 40.2 Å². The molecule has 0 fully saturated rings. The monoisotopic (exact) mass is 587 g/mol. The largest absolute Gasteiger partial charge is 0.494 e. The fourth-order valence-electron chi connectivity index (χ4n) is 4.32. The van der Waals surface area contributed by atoms with Gasteiger partial charge in [-0.15, -0.1) is 11.3 Å². The lowest BCUT2D eigenvalue weighted by atomic mass is 10.1. The van der Waals surface area contributed by atoms with Crippen LogP contribution < -0.4 is 16.0 Å². The molecule has 9 nitrogen and oxygen atoms in total. The molecule has 0 atom stereocenters. The number of hydrogen-bond donors (Lipinski definition) is 1. The van der Waals surface area contributed by atoms with Gasteiger partial charge < -0.3 is 14.5 Å². The second-order valence-corrected chi connectivity index (χ2v) is 17.5. The van der Waals surface area contributed by atoms with Crippen LogP contribution in [0.2, 0.25) is 30.7 Å². The number of thiophene rings is 1. The molecule has 0 aliphatic heterocycles. The molecule has 1 aromatic carbocycles. The molecule has 1 N–H and O–H groups in total.